The second-order valence-electron chi connectivity index (χ2n) is 8.33. The van der Waals surface area contributed by atoms with Gasteiger partial charge in [-0.2, -0.15) is 0 Å². The molecule has 3 aromatic rings. The number of methoxy groups -OCH3 is 2. The fraction of sp³-hybridized carbons (Fsp3) is 0.259. The minimum absolute atomic E-state index is 0.0452. The fourth-order valence-electron chi connectivity index (χ4n) is 4.48. The number of amides is 2. The Balaban J connectivity index is 1.63. The van der Waals surface area contributed by atoms with Gasteiger partial charge in [0.05, 0.1) is 25.7 Å². The second kappa shape index (κ2) is 10.5. The standard InChI is InChI=1S/C27H26F2N2O4/c1-34-24-9-5-7-19(25(24)35-2)21-15-31(27(33)20-6-3-4-8-23(20)29)16-22(21)26(32)30-14-17-10-12-18(28)13-11-17/h3-13,21-22H,14-16H2,1-2H3,(H,30,32)/t21-,22-/m0/s1. The summed E-state index contributed by atoms with van der Waals surface area (Å²) < 4.78 is 38.6. The number of hydrogen-bond donors (Lipinski definition) is 1. The molecule has 4 rings (SSSR count). The second-order valence-corrected chi connectivity index (χ2v) is 8.33. The molecular weight excluding hydrogens is 454 g/mol. The summed E-state index contributed by atoms with van der Waals surface area (Å²) in [5.74, 6) is -1.76. The lowest BCUT2D eigenvalue weighted by molar-refractivity contribution is -0.125. The van der Waals surface area contributed by atoms with Crippen LogP contribution in [0.5, 0.6) is 11.5 Å². The molecule has 0 bridgehead atoms. The van der Waals surface area contributed by atoms with Gasteiger partial charge >= 0.3 is 0 Å². The van der Waals surface area contributed by atoms with Crippen LogP contribution in [0.15, 0.2) is 66.7 Å². The van der Waals surface area contributed by atoms with Crippen LogP contribution in [-0.4, -0.2) is 44.0 Å². The van der Waals surface area contributed by atoms with Gasteiger partial charge in [0.1, 0.15) is 11.6 Å². The smallest absolute Gasteiger partial charge is 0.256 e. The van der Waals surface area contributed by atoms with E-state index in [-0.39, 0.29) is 36.9 Å². The number of likely N-dealkylation sites (tertiary alicyclic amines) is 1. The number of carbonyl (C=O) groups excluding carboxylic acids is 2. The average Bonchev–Trinajstić information content (AvgIpc) is 3.33. The van der Waals surface area contributed by atoms with Gasteiger partial charge < -0.3 is 19.7 Å². The minimum Gasteiger partial charge on any atom is -0.493 e. The number of para-hydroxylation sites is 1. The van der Waals surface area contributed by atoms with Crippen LogP contribution < -0.4 is 14.8 Å². The molecule has 1 N–H and O–H groups in total. The van der Waals surface area contributed by atoms with Gasteiger partial charge in [0, 0.05) is 31.1 Å². The first-order chi connectivity index (χ1) is 16.9. The number of halogens is 2. The highest BCUT2D eigenvalue weighted by Crippen LogP contribution is 2.42. The van der Waals surface area contributed by atoms with Crippen LogP contribution in [0.1, 0.15) is 27.4 Å². The Bertz CT molecular complexity index is 1220. The molecule has 0 aliphatic carbocycles. The predicted octanol–water partition coefficient (Wildman–Crippen LogP) is 4.15. The van der Waals surface area contributed by atoms with Crippen LogP contribution in [0.3, 0.4) is 0 Å². The van der Waals surface area contributed by atoms with Gasteiger partial charge in [-0.1, -0.05) is 36.4 Å². The molecule has 182 valence electrons. The van der Waals surface area contributed by atoms with Crippen molar-refractivity contribution in [2.45, 2.75) is 12.5 Å². The quantitative estimate of drug-likeness (QED) is 0.552. The molecule has 0 saturated carbocycles. The molecule has 1 heterocycles. The van der Waals surface area contributed by atoms with Crippen LogP contribution in [0.25, 0.3) is 0 Å². The molecule has 0 radical (unpaired) electrons. The summed E-state index contributed by atoms with van der Waals surface area (Å²) in [4.78, 5) is 28.0. The first-order valence-electron chi connectivity index (χ1n) is 11.2. The van der Waals surface area contributed by atoms with Gasteiger partial charge in [0.2, 0.25) is 5.91 Å². The molecule has 3 aromatic carbocycles. The molecule has 8 heteroatoms. The summed E-state index contributed by atoms with van der Waals surface area (Å²) in [6.45, 7) is 0.512. The van der Waals surface area contributed by atoms with Crippen molar-refractivity contribution in [2.75, 3.05) is 27.3 Å². The van der Waals surface area contributed by atoms with Crippen molar-refractivity contribution in [1.82, 2.24) is 10.2 Å². The lowest BCUT2D eigenvalue weighted by Crippen LogP contribution is -2.35. The maximum atomic E-state index is 14.3. The fourth-order valence-corrected chi connectivity index (χ4v) is 4.48. The van der Waals surface area contributed by atoms with Crippen molar-refractivity contribution < 1.29 is 27.8 Å². The Morgan fingerprint density at radius 1 is 0.943 bits per heavy atom. The number of hydrogen-bond acceptors (Lipinski definition) is 4. The molecule has 0 unspecified atom stereocenters. The monoisotopic (exact) mass is 480 g/mol. The SMILES string of the molecule is COc1cccc([C@@H]2CN(C(=O)c3ccccc3F)C[C@@H]2C(=O)NCc2ccc(F)cc2)c1OC. The number of carbonyl (C=O) groups is 2. The third kappa shape index (κ3) is 5.11. The number of nitrogens with zero attached hydrogens (tertiary/aromatic N) is 1. The van der Waals surface area contributed by atoms with E-state index in [9.17, 15) is 18.4 Å². The summed E-state index contributed by atoms with van der Waals surface area (Å²) >= 11 is 0. The van der Waals surface area contributed by atoms with E-state index in [1.165, 1.54) is 49.5 Å². The molecule has 35 heavy (non-hydrogen) atoms. The van der Waals surface area contributed by atoms with Gasteiger partial charge in [-0.3, -0.25) is 9.59 Å². The lowest BCUT2D eigenvalue weighted by Gasteiger charge is -2.21. The molecule has 1 fully saturated rings. The number of nitrogens with one attached hydrogen (secondary N) is 1. The highest BCUT2D eigenvalue weighted by atomic mass is 19.1. The topological polar surface area (TPSA) is 67.9 Å². The third-order valence-corrected chi connectivity index (χ3v) is 6.26. The third-order valence-electron chi connectivity index (χ3n) is 6.26. The Morgan fingerprint density at radius 3 is 2.37 bits per heavy atom. The first-order valence-corrected chi connectivity index (χ1v) is 11.2. The largest absolute Gasteiger partial charge is 0.493 e. The Kier molecular flexibility index (Phi) is 7.29. The van der Waals surface area contributed by atoms with Gasteiger partial charge in [-0.05, 0) is 35.9 Å². The molecule has 6 nitrogen and oxygen atoms in total. The van der Waals surface area contributed by atoms with E-state index < -0.39 is 23.6 Å². The van der Waals surface area contributed by atoms with Crippen LogP contribution in [0.2, 0.25) is 0 Å². The molecule has 2 atom stereocenters. The van der Waals surface area contributed by atoms with Gasteiger partial charge in [-0.25, -0.2) is 8.78 Å². The Labute approximate surface area is 202 Å². The summed E-state index contributed by atoms with van der Waals surface area (Å²) in [6.07, 6.45) is 0. The maximum absolute atomic E-state index is 14.3. The number of rotatable bonds is 7. The van der Waals surface area contributed by atoms with E-state index in [2.05, 4.69) is 5.32 Å². The van der Waals surface area contributed by atoms with Gasteiger partial charge in [-0.15, -0.1) is 0 Å². The van der Waals surface area contributed by atoms with Gasteiger partial charge in [0.25, 0.3) is 5.91 Å². The average molecular weight is 481 g/mol. The minimum atomic E-state index is -0.618. The predicted molar refractivity (Wildman–Crippen MR) is 126 cm³/mol. The van der Waals surface area contributed by atoms with Gasteiger partial charge in [0.15, 0.2) is 11.5 Å². The highest BCUT2D eigenvalue weighted by molar-refractivity contribution is 5.95. The number of ether oxygens (including phenoxy) is 2. The van der Waals surface area contributed by atoms with Crippen molar-refractivity contribution in [3.63, 3.8) is 0 Å². The van der Waals surface area contributed by atoms with Crippen molar-refractivity contribution in [3.05, 3.63) is 95.1 Å². The van der Waals surface area contributed by atoms with Crippen LogP contribution in [-0.2, 0) is 11.3 Å². The molecule has 1 aliphatic rings. The van der Waals surface area contributed by atoms with Crippen LogP contribution in [0, 0.1) is 17.6 Å². The zero-order chi connectivity index (χ0) is 24.9. The summed E-state index contributed by atoms with van der Waals surface area (Å²) in [7, 11) is 3.04. The molecular formula is C27H26F2N2O4. The zero-order valence-electron chi connectivity index (χ0n) is 19.5. The van der Waals surface area contributed by atoms with E-state index in [1.807, 2.05) is 6.07 Å². The highest BCUT2D eigenvalue weighted by Gasteiger charge is 2.42. The first kappa shape index (κ1) is 24.2. The molecule has 1 aliphatic heterocycles. The van der Waals surface area contributed by atoms with Crippen molar-refractivity contribution in [1.29, 1.82) is 0 Å². The normalized spacial score (nSPS) is 17.2. The van der Waals surface area contributed by atoms with Crippen molar-refractivity contribution >= 4 is 11.8 Å². The number of benzene rings is 3. The molecule has 2 amide bonds. The van der Waals surface area contributed by atoms with E-state index in [0.717, 1.165) is 11.1 Å². The summed E-state index contributed by atoms with van der Waals surface area (Å²) in [6, 6.07) is 17.0. The Morgan fingerprint density at radius 2 is 1.69 bits per heavy atom. The van der Waals surface area contributed by atoms with Crippen molar-refractivity contribution in [3.8, 4) is 11.5 Å². The van der Waals surface area contributed by atoms with Crippen LogP contribution >= 0.6 is 0 Å². The Hall–Kier alpha value is -3.94. The maximum Gasteiger partial charge on any atom is 0.256 e. The van der Waals surface area contributed by atoms with Crippen LogP contribution in [0.4, 0.5) is 8.78 Å². The van der Waals surface area contributed by atoms with E-state index >= 15 is 0 Å². The molecule has 0 aromatic heterocycles. The van der Waals surface area contributed by atoms with E-state index in [0.29, 0.717) is 11.5 Å². The summed E-state index contributed by atoms with van der Waals surface area (Å²) in [5, 5.41) is 2.89. The zero-order valence-corrected chi connectivity index (χ0v) is 19.5. The van der Waals surface area contributed by atoms with E-state index in [1.54, 1.807) is 30.3 Å². The van der Waals surface area contributed by atoms with Crippen molar-refractivity contribution in [2.24, 2.45) is 5.92 Å². The lowest BCUT2D eigenvalue weighted by atomic mass is 9.87. The summed E-state index contributed by atoms with van der Waals surface area (Å²) in [5.41, 5.74) is 1.42. The van der Waals surface area contributed by atoms with E-state index in [4.69, 9.17) is 9.47 Å². The molecule has 0 spiro atoms. The molecule has 1 saturated heterocycles.